The molecule has 1 aliphatic heterocycles. The first-order valence-corrected chi connectivity index (χ1v) is 11.2. The highest BCUT2D eigenvalue weighted by Crippen LogP contribution is 2.31. The number of thioether (sulfide) groups is 1. The Kier molecular flexibility index (Phi) is 6.13. The van der Waals surface area contributed by atoms with Gasteiger partial charge in [0.25, 0.3) is 5.91 Å². The summed E-state index contributed by atoms with van der Waals surface area (Å²) in [5, 5.41) is 15.6. The Balaban J connectivity index is 1.42. The Morgan fingerprint density at radius 3 is 2.69 bits per heavy atom. The summed E-state index contributed by atoms with van der Waals surface area (Å²) < 4.78 is 1.85. The molecule has 0 spiro atoms. The number of hydrogen-bond acceptors (Lipinski definition) is 6. The molecule has 9 heteroatoms. The van der Waals surface area contributed by atoms with E-state index in [0.29, 0.717) is 22.4 Å². The zero-order chi connectivity index (χ0) is 20.2. The molecule has 2 aromatic rings. The number of para-hydroxylation sites is 1. The van der Waals surface area contributed by atoms with Crippen LogP contribution in [0.15, 0.2) is 23.4 Å². The van der Waals surface area contributed by atoms with Crippen LogP contribution in [0.5, 0.6) is 0 Å². The Bertz CT molecular complexity index is 887. The summed E-state index contributed by atoms with van der Waals surface area (Å²) in [6, 6.07) is 5.89. The van der Waals surface area contributed by atoms with Gasteiger partial charge in [0.05, 0.1) is 23.0 Å². The van der Waals surface area contributed by atoms with Gasteiger partial charge in [0.1, 0.15) is 0 Å². The first-order valence-electron chi connectivity index (χ1n) is 10.2. The molecular weight excluding hydrogens is 388 g/mol. The minimum absolute atomic E-state index is 0.0145. The summed E-state index contributed by atoms with van der Waals surface area (Å²) in [6.07, 6.45) is 6.61. The number of aromatic nitrogens is 4. The lowest BCUT2D eigenvalue weighted by Gasteiger charge is -2.19. The Hall–Kier alpha value is -2.42. The molecule has 0 atom stereocenters. The normalized spacial score (nSPS) is 17.1. The van der Waals surface area contributed by atoms with Crippen LogP contribution in [0.2, 0.25) is 0 Å². The van der Waals surface area contributed by atoms with Gasteiger partial charge < -0.3 is 10.2 Å². The van der Waals surface area contributed by atoms with Crippen molar-refractivity contribution in [3.63, 3.8) is 0 Å². The molecule has 1 aliphatic carbocycles. The number of benzene rings is 1. The third-order valence-corrected chi connectivity index (χ3v) is 6.56. The number of anilines is 1. The molecule has 1 aromatic carbocycles. The number of likely N-dealkylation sites (tertiary alicyclic amines) is 1. The Morgan fingerprint density at radius 2 is 1.93 bits per heavy atom. The minimum Gasteiger partial charge on any atom is -0.339 e. The number of hydrogen-bond donors (Lipinski definition) is 1. The predicted molar refractivity (Wildman–Crippen MR) is 111 cm³/mol. The maximum Gasteiger partial charge on any atom is 0.255 e. The molecule has 29 heavy (non-hydrogen) atoms. The van der Waals surface area contributed by atoms with Gasteiger partial charge in [0.15, 0.2) is 0 Å². The molecule has 2 heterocycles. The molecule has 2 amide bonds. The van der Waals surface area contributed by atoms with Gasteiger partial charge in [-0.2, -0.15) is 0 Å². The van der Waals surface area contributed by atoms with Crippen LogP contribution in [-0.4, -0.2) is 55.8 Å². The van der Waals surface area contributed by atoms with Gasteiger partial charge in [-0.05, 0) is 54.7 Å². The van der Waals surface area contributed by atoms with Gasteiger partial charge in [0, 0.05) is 13.1 Å². The van der Waals surface area contributed by atoms with Crippen molar-refractivity contribution in [2.75, 3.05) is 24.2 Å². The largest absolute Gasteiger partial charge is 0.339 e. The van der Waals surface area contributed by atoms with Crippen molar-refractivity contribution in [3.05, 3.63) is 29.3 Å². The van der Waals surface area contributed by atoms with Crippen molar-refractivity contribution in [1.82, 2.24) is 25.1 Å². The summed E-state index contributed by atoms with van der Waals surface area (Å²) in [6.45, 7) is 3.46. The zero-order valence-electron chi connectivity index (χ0n) is 16.6. The average molecular weight is 415 g/mol. The standard InChI is InChI=1S/C20H26N6O2S/c1-14-7-6-10-16(19(28)25-11-4-5-12-25)18(14)21-17(27)13-29-20-22-23-24-26(20)15-8-2-3-9-15/h6-7,10,15H,2-5,8-9,11-13H2,1H3,(H,21,27). The van der Waals surface area contributed by atoms with Crippen molar-refractivity contribution >= 4 is 29.3 Å². The number of nitrogens with one attached hydrogen (secondary N) is 1. The van der Waals surface area contributed by atoms with Crippen LogP contribution >= 0.6 is 11.8 Å². The van der Waals surface area contributed by atoms with Crippen LogP contribution in [0.25, 0.3) is 0 Å². The van der Waals surface area contributed by atoms with E-state index in [0.717, 1.165) is 44.3 Å². The summed E-state index contributed by atoms with van der Waals surface area (Å²) in [5.41, 5.74) is 2.04. The molecule has 0 radical (unpaired) electrons. The predicted octanol–water partition coefficient (Wildman–Crippen LogP) is 3.06. The van der Waals surface area contributed by atoms with E-state index in [1.807, 2.05) is 28.6 Å². The molecule has 1 aromatic heterocycles. The lowest BCUT2D eigenvalue weighted by atomic mass is 10.1. The van der Waals surface area contributed by atoms with E-state index < -0.39 is 0 Å². The Morgan fingerprint density at radius 1 is 1.17 bits per heavy atom. The molecule has 2 aliphatic rings. The molecular formula is C20H26N6O2S. The number of carbonyl (C=O) groups excluding carboxylic acids is 2. The number of carbonyl (C=O) groups is 2. The van der Waals surface area contributed by atoms with Gasteiger partial charge in [-0.1, -0.05) is 36.7 Å². The van der Waals surface area contributed by atoms with E-state index in [1.54, 1.807) is 6.07 Å². The third kappa shape index (κ3) is 4.44. The highest BCUT2D eigenvalue weighted by molar-refractivity contribution is 7.99. The Labute approximate surface area is 174 Å². The quantitative estimate of drug-likeness (QED) is 0.730. The van der Waals surface area contributed by atoms with Crippen molar-refractivity contribution in [3.8, 4) is 0 Å². The second kappa shape index (κ2) is 8.94. The SMILES string of the molecule is Cc1cccc(C(=O)N2CCCC2)c1NC(=O)CSc1nnnn1C1CCCC1. The highest BCUT2D eigenvalue weighted by Gasteiger charge is 2.24. The molecule has 8 nitrogen and oxygen atoms in total. The number of rotatable bonds is 6. The van der Waals surface area contributed by atoms with Crippen LogP contribution in [0.4, 0.5) is 5.69 Å². The van der Waals surface area contributed by atoms with E-state index in [4.69, 9.17) is 0 Å². The lowest BCUT2D eigenvalue weighted by Crippen LogP contribution is -2.29. The molecule has 1 saturated heterocycles. The fourth-order valence-electron chi connectivity index (χ4n) is 4.07. The molecule has 0 unspecified atom stereocenters. The van der Waals surface area contributed by atoms with Gasteiger partial charge >= 0.3 is 0 Å². The van der Waals surface area contributed by atoms with E-state index in [1.165, 1.54) is 24.6 Å². The molecule has 1 N–H and O–H groups in total. The summed E-state index contributed by atoms with van der Waals surface area (Å²) in [5.74, 6) is 0.0127. The van der Waals surface area contributed by atoms with Crippen molar-refractivity contribution in [2.45, 2.75) is 56.6 Å². The summed E-state index contributed by atoms with van der Waals surface area (Å²) in [7, 11) is 0. The molecule has 4 rings (SSSR count). The monoisotopic (exact) mass is 414 g/mol. The number of amides is 2. The van der Waals surface area contributed by atoms with Crippen LogP contribution in [0.1, 0.15) is 60.5 Å². The van der Waals surface area contributed by atoms with Gasteiger partial charge in [-0.15, -0.1) is 5.10 Å². The maximum absolute atomic E-state index is 12.9. The smallest absolute Gasteiger partial charge is 0.255 e. The zero-order valence-corrected chi connectivity index (χ0v) is 17.5. The van der Waals surface area contributed by atoms with E-state index in [-0.39, 0.29) is 17.6 Å². The van der Waals surface area contributed by atoms with Crippen molar-refractivity contribution in [1.29, 1.82) is 0 Å². The molecule has 154 valence electrons. The number of aryl methyl sites for hydroxylation is 1. The fraction of sp³-hybridized carbons (Fsp3) is 0.550. The van der Waals surface area contributed by atoms with Gasteiger partial charge in [-0.3, -0.25) is 9.59 Å². The maximum atomic E-state index is 12.9. The first kappa shape index (κ1) is 19.9. The fourth-order valence-corrected chi connectivity index (χ4v) is 4.81. The van der Waals surface area contributed by atoms with Crippen molar-refractivity contribution in [2.24, 2.45) is 0 Å². The third-order valence-electron chi connectivity index (χ3n) is 5.63. The average Bonchev–Trinajstić information content (AvgIpc) is 3.49. The molecule has 1 saturated carbocycles. The van der Waals surface area contributed by atoms with E-state index in [2.05, 4.69) is 20.8 Å². The molecule has 0 bridgehead atoms. The van der Waals surface area contributed by atoms with Crippen LogP contribution < -0.4 is 5.32 Å². The van der Waals surface area contributed by atoms with Crippen LogP contribution in [-0.2, 0) is 4.79 Å². The van der Waals surface area contributed by atoms with E-state index in [9.17, 15) is 9.59 Å². The van der Waals surface area contributed by atoms with E-state index >= 15 is 0 Å². The van der Waals surface area contributed by atoms with Crippen LogP contribution in [0, 0.1) is 6.92 Å². The van der Waals surface area contributed by atoms with Crippen molar-refractivity contribution < 1.29 is 9.59 Å². The highest BCUT2D eigenvalue weighted by atomic mass is 32.2. The second-order valence-electron chi connectivity index (χ2n) is 7.68. The second-order valence-corrected chi connectivity index (χ2v) is 8.62. The van der Waals surface area contributed by atoms with Gasteiger partial charge in [0.2, 0.25) is 11.1 Å². The summed E-state index contributed by atoms with van der Waals surface area (Å²) in [4.78, 5) is 27.4. The number of tetrazole rings is 1. The minimum atomic E-state index is -0.166. The first-order chi connectivity index (χ1) is 14.1. The lowest BCUT2D eigenvalue weighted by molar-refractivity contribution is -0.113. The number of nitrogens with zero attached hydrogens (tertiary/aromatic N) is 5. The summed E-state index contributed by atoms with van der Waals surface area (Å²) >= 11 is 1.33. The van der Waals surface area contributed by atoms with Gasteiger partial charge in [-0.25, -0.2) is 4.68 Å². The van der Waals surface area contributed by atoms with Crippen LogP contribution in [0.3, 0.4) is 0 Å². The topological polar surface area (TPSA) is 93.0 Å². The molecule has 2 fully saturated rings.